The molecule has 10 nitrogen and oxygen atoms in total. The first-order chi connectivity index (χ1) is 19.9. The number of nitrogens with one attached hydrogen (secondary N) is 2. The van der Waals surface area contributed by atoms with Crippen molar-refractivity contribution >= 4 is 17.6 Å². The summed E-state index contributed by atoms with van der Waals surface area (Å²) in [4.78, 5) is 15.7. The van der Waals surface area contributed by atoms with Gasteiger partial charge in [0.05, 0.1) is 18.9 Å². The molecule has 1 aliphatic rings. The minimum atomic E-state index is -1.26. The first-order valence-electron chi connectivity index (χ1n) is 14.3. The van der Waals surface area contributed by atoms with Crippen molar-refractivity contribution in [1.82, 2.24) is 14.8 Å². The predicted molar refractivity (Wildman–Crippen MR) is 160 cm³/mol. The van der Waals surface area contributed by atoms with Gasteiger partial charge in [-0.05, 0) is 66.9 Å². The van der Waals surface area contributed by atoms with Crippen molar-refractivity contribution in [2.24, 2.45) is 0 Å². The molecule has 0 saturated carbocycles. The van der Waals surface area contributed by atoms with Crippen molar-refractivity contribution in [2.45, 2.75) is 46.1 Å². The number of carbonyl (C=O) groups is 1. The van der Waals surface area contributed by atoms with Gasteiger partial charge in [0.25, 0.3) is 0 Å². The van der Waals surface area contributed by atoms with Gasteiger partial charge in [-0.3, -0.25) is 15.6 Å². The van der Waals surface area contributed by atoms with Gasteiger partial charge in [0, 0.05) is 50.3 Å². The number of hydrogen-bond donors (Lipinski definition) is 4. The molecular weight excluding hydrogens is 522 g/mol. The molecule has 10 heteroatoms. The van der Waals surface area contributed by atoms with Gasteiger partial charge in [-0.1, -0.05) is 26.7 Å². The van der Waals surface area contributed by atoms with Crippen LogP contribution in [0, 0.1) is 5.41 Å². The van der Waals surface area contributed by atoms with Crippen LogP contribution in [0.25, 0.3) is 5.69 Å². The Labute approximate surface area is 241 Å². The molecule has 1 amide bonds. The second-order valence-corrected chi connectivity index (χ2v) is 10.2. The Morgan fingerprint density at radius 1 is 0.927 bits per heavy atom. The van der Waals surface area contributed by atoms with E-state index in [2.05, 4.69) is 41.1 Å². The smallest absolute Gasteiger partial charge is 0.410 e. The molecule has 1 aliphatic heterocycles. The summed E-state index contributed by atoms with van der Waals surface area (Å²) < 4.78 is 13.6. The van der Waals surface area contributed by atoms with Crippen molar-refractivity contribution in [3.63, 3.8) is 0 Å². The van der Waals surface area contributed by atoms with Crippen LogP contribution in [-0.2, 0) is 6.54 Å². The molecule has 1 saturated heterocycles. The van der Waals surface area contributed by atoms with Crippen LogP contribution in [0.4, 0.5) is 10.5 Å². The van der Waals surface area contributed by atoms with Crippen molar-refractivity contribution in [3.8, 4) is 22.9 Å². The molecule has 0 radical (unpaired) electrons. The van der Waals surface area contributed by atoms with E-state index in [9.17, 15) is 9.90 Å². The van der Waals surface area contributed by atoms with Crippen LogP contribution in [0.15, 0.2) is 54.7 Å². The van der Waals surface area contributed by atoms with Gasteiger partial charge >= 0.3 is 6.09 Å². The quantitative estimate of drug-likeness (QED) is 0.124. The molecule has 1 aromatic heterocycles. The number of benzene rings is 2. The summed E-state index contributed by atoms with van der Waals surface area (Å²) in [5, 5.41) is 29.8. The fraction of sp³-hybridized carbons (Fsp3) is 0.419. The third-order valence-corrected chi connectivity index (χ3v) is 7.12. The molecule has 0 aliphatic carbocycles. The number of unbranched alkanes of at least 4 members (excludes halogenated alkanes) is 2. The van der Waals surface area contributed by atoms with Crippen molar-refractivity contribution in [1.29, 1.82) is 5.41 Å². The minimum absolute atomic E-state index is 0.0799. The van der Waals surface area contributed by atoms with E-state index in [-0.39, 0.29) is 11.6 Å². The summed E-state index contributed by atoms with van der Waals surface area (Å²) in [5.41, 5.74) is 3.50. The number of nitrogens with zero attached hydrogens (tertiary/aromatic N) is 3. The molecule has 4 N–H and O–H groups in total. The lowest BCUT2D eigenvalue weighted by Crippen LogP contribution is -2.45. The van der Waals surface area contributed by atoms with Crippen LogP contribution < -0.4 is 19.7 Å². The zero-order valence-electron chi connectivity index (χ0n) is 23.9. The lowest BCUT2D eigenvalue weighted by atomic mass is 10.1. The van der Waals surface area contributed by atoms with Gasteiger partial charge < -0.3 is 29.2 Å². The lowest BCUT2D eigenvalue weighted by Gasteiger charge is -2.36. The van der Waals surface area contributed by atoms with Crippen LogP contribution in [-0.4, -0.2) is 71.0 Å². The zero-order valence-corrected chi connectivity index (χ0v) is 23.9. The third kappa shape index (κ3) is 7.94. The number of phenols is 1. The highest BCUT2D eigenvalue weighted by atomic mass is 16.5. The third-order valence-electron chi connectivity index (χ3n) is 7.12. The monoisotopic (exact) mass is 563 g/mol. The number of amides is 1. The fourth-order valence-corrected chi connectivity index (χ4v) is 4.83. The van der Waals surface area contributed by atoms with E-state index < -0.39 is 6.09 Å². The average molecular weight is 564 g/mol. The summed E-state index contributed by atoms with van der Waals surface area (Å²) in [6, 6.07) is 15.4. The Hall–Kier alpha value is -4.18. The predicted octanol–water partition coefficient (Wildman–Crippen LogP) is 5.46. The largest absolute Gasteiger partial charge is 0.502 e. The molecule has 4 rings (SSSR count). The van der Waals surface area contributed by atoms with Crippen LogP contribution >= 0.6 is 0 Å². The molecule has 2 aromatic carbocycles. The Kier molecular flexibility index (Phi) is 10.5. The number of phenolic OH excluding ortho intramolecular Hbond substituents is 1. The zero-order chi connectivity index (χ0) is 29.2. The van der Waals surface area contributed by atoms with Crippen LogP contribution in [0.2, 0.25) is 0 Å². The maximum Gasteiger partial charge on any atom is 0.410 e. The van der Waals surface area contributed by atoms with Crippen LogP contribution in [0.5, 0.6) is 17.2 Å². The molecule has 220 valence electrons. The molecule has 0 bridgehead atoms. The Morgan fingerprint density at radius 2 is 1.51 bits per heavy atom. The molecule has 2 heterocycles. The van der Waals surface area contributed by atoms with Gasteiger partial charge in [0.1, 0.15) is 0 Å². The first-order valence-corrected chi connectivity index (χ1v) is 14.3. The van der Waals surface area contributed by atoms with Gasteiger partial charge in [-0.2, -0.15) is 0 Å². The second-order valence-electron chi connectivity index (χ2n) is 10.2. The summed E-state index contributed by atoms with van der Waals surface area (Å²) in [6.45, 7) is 9.62. The average Bonchev–Trinajstić information content (AvgIpc) is 3.46. The number of aromatic hydroxyl groups is 1. The molecule has 0 atom stereocenters. The fourth-order valence-electron chi connectivity index (χ4n) is 4.83. The minimum Gasteiger partial charge on any atom is -0.502 e. The molecule has 0 spiro atoms. The summed E-state index contributed by atoms with van der Waals surface area (Å²) in [7, 11) is 0. The number of ether oxygens (including phenoxy) is 2. The number of hydrogen-bond acceptors (Lipinski definition) is 7. The molecule has 41 heavy (non-hydrogen) atoms. The molecular formula is C31H41N5O5. The first kappa shape index (κ1) is 29.8. The van der Waals surface area contributed by atoms with Crippen LogP contribution in [0.1, 0.15) is 50.8 Å². The van der Waals surface area contributed by atoms with Gasteiger partial charge in [0.2, 0.25) is 5.75 Å². The second kappa shape index (κ2) is 14.5. The number of carboxylic acid groups (broad SMARTS) is 1. The van der Waals surface area contributed by atoms with E-state index in [0.717, 1.165) is 75.3 Å². The molecule has 3 aromatic rings. The van der Waals surface area contributed by atoms with E-state index in [1.54, 1.807) is 16.7 Å². The van der Waals surface area contributed by atoms with E-state index in [4.69, 9.17) is 20.0 Å². The maximum absolute atomic E-state index is 10.9. The van der Waals surface area contributed by atoms with Crippen molar-refractivity contribution in [3.05, 3.63) is 66.0 Å². The molecule has 1 fully saturated rings. The van der Waals surface area contributed by atoms with Crippen LogP contribution in [0.3, 0.4) is 0 Å². The normalized spacial score (nSPS) is 13.7. The number of anilines is 1. The maximum atomic E-state index is 10.9. The van der Waals surface area contributed by atoms with E-state index in [1.165, 1.54) is 0 Å². The topological polar surface area (TPSA) is 123 Å². The Morgan fingerprint density at radius 3 is 2.07 bits per heavy atom. The van der Waals surface area contributed by atoms with Gasteiger partial charge in [-0.25, -0.2) is 4.79 Å². The van der Waals surface area contributed by atoms with E-state index >= 15 is 0 Å². The number of piperazine rings is 1. The lowest BCUT2D eigenvalue weighted by molar-refractivity contribution is 0.200. The Balaban J connectivity index is 1.38. The highest BCUT2D eigenvalue weighted by molar-refractivity contribution is 6.03. The Bertz CT molecular complexity index is 1270. The molecule has 0 unspecified atom stereocenters. The van der Waals surface area contributed by atoms with Crippen molar-refractivity contribution in [2.75, 3.05) is 44.3 Å². The summed E-state index contributed by atoms with van der Waals surface area (Å²) in [6.07, 6.45) is 4.45. The van der Waals surface area contributed by atoms with Crippen molar-refractivity contribution < 1.29 is 24.5 Å². The number of rotatable bonds is 13. The highest BCUT2D eigenvalue weighted by Crippen LogP contribution is 2.38. The standard InChI is InChI=1S/C31H41N5O5/c1-3-5-18-40-27-20-23(21-28(29(27)37)41-19-6-4-2)22-34-14-16-35(17-15-34)24-9-11-25(12-10-24)36-13-7-8-26(36)30(32)33-31(38)39/h7-13,20-21,37H,3-6,14-19,22H2,1-2H3,(H2,32,33)(H,38,39). The highest BCUT2D eigenvalue weighted by Gasteiger charge is 2.20. The van der Waals surface area contributed by atoms with E-state index in [0.29, 0.717) is 30.4 Å². The van der Waals surface area contributed by atoms with E-state index in [1.807, 2.05) is 30.5 Å². The number of amidine groups is 1. The SMILES string of the molecule is CCCCOc1cc(CN2CCN(c3ccc(-n4cccc4C(=N)NC(=O)O)cc3)CC2)cc(OCCCC)c1O. The van der Waals surface area contributed by atoms with Gasteiger partial charge in [0.15, 0.2) is 17.3 Å². The summed E-state index contributed by atoms with van der Waals surface area (Å²) in [5.74, 6) is 0.883. The van der Waals surface area contributed by atoms with Gasteiger partial charge in [-0.15, -0.1) is 0 Å². The number of aromatic nitrogens is 1. The summed E-state index contributed by atoms with van der Waals surface area (Å²) >= 11 is 0.